The molecule has 1 heterocycles. The zero-order valence-electron chi connectivity index (χ0n) is 11.5. The summed E-state index contributed by atoms with van der Waals surface area (Å²) in [6, 6.07) is 11.5. The molecule has 2 aromatic carbocycles. The Labute approximate surface area is 120 Å². The third-order valence-corrected chi connectivity index (χ3v) is 3.58. The molecular weight excluding hydrogens is 269 g/mol. The summed E-state index contributed by atoms with van der Waals surface area (Å²) >= 11 is 0. The summed E-state index contributed by atoms with van der Waals surface area (Å²) in [5, 5.41) is 0.619. The van der Waals surface area contributed by atoms with E-state index in [9.17, 15) is 9.18 Å². The van der Waals surface area contributed by atoms with Crippen molar-refractivity contribution < 1.29 is 8.81 Å². The van der Waals surface area contributed by atoms with E-state index in [4.69, 9.17) is 10.2 Å². The lowest BCUT2D eigenvalue weighted by atomic mass is 9.99. The topological polar surface area (TPSA) is 56.2 Å². The first-order valence-corrected chi connectivity index (χ1v) is 6.61. The van der Waals surface area contributed by atoms with E-state index in [1.54, 1.807) is 13.0 Å². The molecule has 0 bridgehead atoms. The normalized spacial score (nSPS) is 11.0. The summed E-state index contributed by atoms with van der Waals surface area (Å²) in [6.07, 6.45) is 0.408. The molecule has 0 radical (unpaired) electrons. The molecular formula is C17H14FNO2. The minimum Gasteiger partial charge on any atom is -0.422 e. The molecule has 3 aromatic rings. The van der Waals surface area contributed by atoms with E-state index in [2.05, 4.69) is 0 Å². The molecule has 0 aliphatic carbocycles. The number of halogens is 1. The SMILES string of the molecule is Cc1c(Cc2cccc(N)c2)c(=O)oc2ccc(F)cc12. The fourth-order valence-electron chi connectivity index (χ4n) is 2.47. The van der Waals surface area contributed by atoms with Crippen molar-refractivity contribution in [1.82, 2.24) is 0 Å². The van der Waals surface area contributed by atoms with Crippen LogP contribution in [-0.2, 0) is 6.42 Å². The van der Waals surface area contributed by atoms with Crippen molar-refractivity contribution in [2.24, 2.45) is 0 Å². The summed E-state index contributed by atoms with van der Waals surface area (Å²) in [5.74, 6) is -0.352. The Morgan fingerprint density at radius 1 is 1.19 bits per heavy atom. The summed E-state index contributed by atoms with van der Waals surface area (Å²) in [5.41, 5.74) is 8.58. The van der Waals surface area contributed by atoms with Crippen LogP contribution in [0.2, 0.25) is 0 Å². The number of aryl methyl sites for hydroxylation is 1. The summed E-state index contributed by atoms with van der Waals surface area (Å²) in [4.78, 5) is 12.1. The Hall–Kier alpha value is -2.62. The van der Waals surface area contributed by atoms with Crippen LogP contribution in [0.15, 0.2) is 51.7 Å². The minimum atomic E-state index is -0.394. The Balaban J connectivity index is 2.16. The van der Waals surface area contributed by atoms with Crippen LogP contribution in [0.3, 0.4) is 0 Å². The molecule has 0 saturated heterocycles. The molecule has 4 heteroatoms. The van der Waals surface area contributed by atoms with Crippen LogP contribution in [-0.4, -0.2) is 0 Å². The standard InChI is InChI=1S/C17H14FNO2/c1-10-14-9-12(18)5-6-16(14)21-17(20)15(10)8-11-3-2-4-13(19)7-11/h2-7,9H,8,19H2,1H3. The van der Waals surface area contributed by atoms with Gasteiger partial charge >= 0.3 is 5.63 Å². The molecule has 0 aliphatic rings. The van der Waals surface area contributed by atoms with E-state index in [0.717, 1.165) is 11.1 Å². The average molecular weight is 283 g/mol. The predicted molar refractivity (Wildman–Crippen MR) is 80.8 cm³/mol. The average Bonchev–Trinajstić information content (AvgIpc) is 2.45. The van der Waals surface area contributed by atoms with Crippen molar-refractivity contribution in [2.45, 2.75) is 13.3 Å². The number of nitrogens with two attached hydrogens (primary N) is 1. The third kappa shape index (κ3) is 2.52. The monoisotopic (exact) mass is 283 g/mol. The highest BCUT2D eigenvalue weighted by Crippen LogP contribution is 2.22. The molecule has 0 unspecified atom stereocenters. The van der Waals surface area contributed by atoms with E-state index in [1.807, 2.05) is 18.2 Å². The zero-order chi connectivity index (χ0) is 15.0. The molecule has 21 heavy (non-hydrogen) atoms. The lowest BCUT2D eigenvalue weighted by molar-refractivity contribution is 0.548. The van der Waals surface area contributed by atoms with Crippen LogP contribution in [0.5, 0.6) is 0 Å². The van der Waals surface area contributed by atoms with Crippen molar-refractivity contribution in [3.8, 4) is 0 Å². The van der Waals surface area contributed by atoms with Gasteiger partial charge in [-0.3, -0.25) is 0 Å². The number of anilines is 1. The maximum Gasteiger partial charge on any atom is 0.340 e. The second-order valence-electron chi connectivity index (χ2n) is 5.06. The molecule has 0 aliphatic heterocycles. The van der Waals surface area contributed by atoms with Crippen LogP contribution in [0.1, 0.15) is 16.7 Å². The fourth-order valence-corrected chi connectivity index (χ4v) is 2.47. The van der Waals surface area contributed by atoms with Gasteiger partial charge in [-0.2, -0.15) is 0 Å². The number of hydrogen-bond acceptors (Lipinski definition) is 3. The van der Waals surface area contributed by atoms with Gasteiger partial charge in [0.1, 0.15) is 11.4 Å². The largest absolute Gasteiger partial charge is 0.422 e. The second kappa shape index (κ2) is 5.05. The van der Waals surface area contributed by atoms with E-state index >= 15 is 0 Å². The van der Waals surface area contributed by atoms with Gasteiger partial charge in [0.05, 0.1) is 0 Å². The van der Waals surface area contributed by atoms with E-state index < -0.39 is 5.63 Å². The van der Waals surface area contributed by atoms with Crippen LogP contribution >= 0.6 is 0 Å². The van der Waals surface area contributed by atoms with Gasteiger partial charge in [-0.05, 0) is 48.4 Å². The summed E-state index contributed by atoms with van der Waals surface area (Å²) < 4.78 is 18.7. The minimum absolute atomic E-state index is 0.352. The van der Waals surface area contributed by atoms with Crippen LogP contribution in [0.25, 0.3) is 11.0 Å². The molecule has 0 spiro atoms. The Morgan fingerprint density at radius 2 is 2.00 bits per heavy atom. The van der Waals surface area contributed by atoms with Crippen LogP contribution < -0.4 is 11.4 Å². The highest BCUT2D eigenvalue weighted by atomic mass is 19.1. The van der Waals surface area contributed by atoms with Crippen LogP contribution in [0.4, 0.5) is 10.1 Å². The molecule has 0 amide bonds. The molecule has 3 rings (SSSR count). The van der Waals surface area contributed by atoms with Gasteiger partial charge in [-0.15, -0.1) is 0 Å². The first-order chi connectivity index (χ1) is 10.0. The van der Waals surface area contributed by atoms with E-state index in [1.165, 1.54) is 18.2 Å². The number of rotatable bonds is 2. The molecule has 2 N–H and O–H groups in total. The molecule has 3 nitrogen and oxygen atoms in total. The highest BCUT2D eigenvalue weighted by Gasteiger charge is 2.12. The van der Waals surface area contributed by atoms with E-state index in [0.29, 0.717) is 28.6 Å². The van der Waals surface area contributed by atoms with Gasteiger partial charge in [0.25, 0.3) is 0 Å². The number of nitrogen functional groups attached to an aromatic ring is 1. The first-order valence-electron chi connectivity index (χ1n) is 6.61. The smallest absolute Gasteiger partial charge is 0.340 e. The Bertz CT molecular complexity index is 884. The molecule has 0 atom stereocenters. The van der Waals surface area contributed by atoms with Gasteiger partial charge in [0.2, 0.25) is 0 Å². The van der Waals surface area contributed by atoms with Crippen molar-refractivity contribution in [3.05, 3.63) is 75.4 Å². The van der Waals surface area contributed by atoms with Crippen molar-refractivity contribution in [3.63, 3.8) is 0 Å². The fraction of sp³-hybridized carbons (Fsp3) is 0.118. The molecule has 106 valence electrons. The zero-order valence-corrected chi connectivity index (χ0v) is 11.5. The Morgan fingerprint density at radius 3 is 2.76 bits per heavy atom. The van der Waals surface area contributed by atoms with Crippen LogP contribution in [0, 0.1) is 12.7 Å². The first kappa shape index (κ1) is 13.4. The third-order valence-electron chi connectivity index (χ3n) is 3.58. The maximum absolute atomic E-state index is 13.4. The highest BCUT2D eigenvalue weighted by molar-refractivity contribution is 5.81. The quantitative estimate of drug-likeness (QED) is 0.579. The number of benzene rings is 2. The number of hydrogen-bond donors (Lipinski definition) is 1. The second-order valence-corrected chi connectivity index (χ2v) is 5.06. The predicted octanol–water partition coefficient (Wildman–Crippen LogP) is 3.41. The summed E-state index contributed by atoms with van der Waals surface area (Å²) in [7, 11) is 0. The van der Waals surface area contributed by atoms with Crippen molar-refractivity contribution in [2.75, 3.05) is 5.73 Å². The van der Waals surface area contributed by atoms with Gasteiger partial charge in [-0.25, -0.2) is 9.18 Å². The summed E-state index contributed by atoms with van der Waals surface area (Å²) in [6.45, 7) is 1.81. The van der Waals surface area contributed by atoms with Crippen molar-refractivity contribution >= 4 is 16.7 Å². The van der Waals surface area contributed by atoms with Gasteiger partial charge < -0.3 is 10.2 Å². The lowest BCUT2D eigenvalue weighted by Gasteiger charge is -2.08. The number of fused-ring (bicyclic) bond motifs is 1. The molecule has 0 fully saturated rings. The lowest BCUT2D eigenvalue weighted by Crippen LogP contribution is -2.11. The molecule has 1 aromatic heterocycles. The van der Waals surface area contributed by atoms with Gasteiger partial charge in [-0.1, -0.05) is 12.1 Å². The van der Waals surface area contributed by atoms with Gasteiger partial charge in [0.15, 0.2) is 0 Å². The van der Waals surface area contributed by atoms with E-state index in [-0.39, 0.29) is 5.82 Å². The maximum atomic E-state index is 13.4. The van der Waals surface area contributed by atoms with Crippen molar-refractivity contribution in [1.29, 1.82) is 0 Å². The molecule has 0 saturated carbocycles. The Kier molecular flexibility index (Phi) is 3.22. The van der Waals surface area contributed by atoms with Gasteiger partial charge in [0, 0.05) is 23.1 Å².